The minimum Gasteiger partial charge on any atom is -0.386 e. The van der Waals surface area contributed by atoms with Crippen LogP contribution in [-0.2, 0) is 9.47 Å². The number of nitrogens with two attached hydrogens (primary N) is 1. The summed E-state index contributed by atoms with van der Waals surface area (Å²) in [4.78, 5) is 4.24. The van der Waals surface area contributed by atoms with Crippen LogP contribution < -0.4 is 5.73 Å². The van der Waals surface area contributed by atoms with Crippen LogP contribution in [-0.4, -0.2) is 25.0 Å². The van der Waals surface area contributed by atoms with Gasteiger partial charge in [-0.05, 0) is 31.5 Å². The Labute approximate surface area is 139 Å². The largest absolute Gasteiger partial charge is 0.386 e. The van der Waals surface area contributed by atoms with Crippen molar-refractivity contribution in [2.45, 2.75) is 25.7 Å². The fraction of sp³-hybridized carbons (Fsp3) is 0.471. The maximum absolute atomic E-state index is 13.3. The highest BCUT2D eigenvalue weighted by Crippen LogP contribution is 2.81. The lowest BCUT2D eigenvalue weighted by atomic mass is 9.93. The molecule has 1 heterocycles. The predicted molar refractivity (Wildman–Crippen MR) is 82.8 cm³/mol. The zero-order valence-corrected chi connectivity index (χ0v) is 13.4. The van der Waals surface area contributed by atoms with Gasteiger partial charge in [-0.2, -0.15) is 10.5 Å². The Hall–Kier alpha value is -2.48. The molecule has 1 aliphatic carbocycles. The van der Waals surface area contributed by atoms with Crippen molar-refractivity contribution in [3.63, 3.8) is 0 Å². The summed E-state index contributed by atoms with van der Waals surface area (Å²) in [5, 5.41) is 19.8. The zero-order valence-electron chi connectivity index (χ0n) is 13.4. The van der Waals surface area contributed by atoms with Crippen molar-refractivity contribution >= 4 is 5.84 Å². The Kier molecular flexibility index (Phi) is 3.60. The Balaban J connectivity index is 2.21. The fourth-order valence-electron chi connectivity index (χ4n) is 3.90. The minimum atomic E-state index is -1.63. The van der Waals surface area contributed by atoms with Crippen LogP contribution in [0, 0.1) is 39.3 Å². The predicted octanol–water partition coefficient (Wildman–Crippen LogP) is 2.04. The zero-order chi connectivity index (χ0) is 17.6. The molecule has 124 valence electrons. The number of benzene rings is 1. The molecular formula is C17H17FN4O2. The number of ether oxygens (including phenoxy) is 2. The number of halogens is 1. The quantitative estimate of drug-likeness (QED) is 0.833. The van der Waals surface area contributed by atoms with Gasteiger partial charge in [-0.15, -0.1) is 0 Å². The van der Waals surface area contributed by atoms with Crippen molar-refractivity contribution in [1.82, 2.24) is 0 Å². The van der Waals surface area contributed by atoms with E-state index in [1.165, 1.54) is 12.1 Å². The number of hydrogen-bond acceptors (Lipinski definition) is 6. The molecule has 0 unspecified atom stereocenters. The average Bonchev–Trinajstić information content (AvgIpc) is 3.15. The average molecular weight is 328 g/mol. The smallest absolute Gasteiger partial charge is 0.293 e. The monoisotopic (exact) mass is 328 g/mol. The lowest BCUT2D eigenvalue weighted by Gasteiger charge is -2.31. The number of hydrogen-bond donors (Lipinski definition) is 1. The second-order valence-electron chi connectivity index (χ2n) is 5.77. The van der Waals surface area contributed by atoms with Gasteiger partial charge in [-0.3, -0.25) is 0 Å². The second kappa shape index (κ2) is 5.27. The summed E-state index contributed by atoms with van der Waals surface area (Å²) in [5.74, 6) is -2.62. The number of nitriles is 2. The summed E-state index contributed by atoms with van der Waals surface area (Å²) in [6.07, 6.45) is 0. The number of amidine groups is 1. The minimum absolute atomic E-state index is 0.0165. The van der Waals surface area contributed by atoms with Crippen molar-refractivity contribution in [2.24, 2.45) is 21.6 Å². The standard InChI is InChI=1S/C17H17FN4O2/c1-3-23-17(24-4-2)16(10-20)13(11-5-7-12(18)8-6-11)15(16,9-19)14(21)22-17/h5-8,13H,3-4H2,1-2H3,(H2,21,22)/t13-,15-,16-/m1/s1. The highest BCUT2D eigenvalue weighted by Gasteiger charge is 2.93. The Bertz CT molecular complexity index is 773. The van der Waals surface area contributed by atoms with Gasteiger partial charge in [0.2, 0.25) is 0 Å². The van der Waals surface area contributed by atoms with Crippen molar-refractivity contribution in [2.75, 3.05) is 13.2 Å². The third-order valence-corrected chi connectivity index (χ3v) is 4.81. The van der Waals surface area contributed by atoms with Gasteiger partial charge in [0.05, 0.1) is 12.1 Å². The van der Waals surface area contributed by atoms with Crippen LogP contribution in [0.5, 0.6) is 0 Å². The summed E-state index contributed by atoms with van der Waals surface area (Å²) in [6, 6.07) is 10.0. The first-order valence-electron chi connectivity index (χ1n) is 7.71. The van der Waals surface area contributed by atoms with E-state index in [1.54, 1.807) is 26.0 Å². The van der Waals surface area contributed by atoms with E-state index in [4.69, 9.17) is 15.2 Å². The Morgan fingerprint density at radius 2 is 1.75 bits per heavy atom. The number of aliphatic imine (C=N–C) groups is 1. The van der Waals surface area contributed by atoms with Gasteiger partial charge in [0.15, 0.2) is 5.41 Å². The van der Waals surface area contributed by atoms with Crippen LogP contribution >= 0.6 is 0 Å². The molecule has 0 aromatic heterocycles. The van der Waals surface area contributed by atoms with Crippen LogP contribution in [0.4, 0.5) is 4.39 Å². The second-order valence-corrected chi connectivity index (χ2v) is 5.77. The van der Waals surface area contributed by atoms with Gasteiger partial charge in [0, 0.05) is 19.1 Å². The Morgan fingerprint density at radius 3 is 2.21 bits per heavy atom. The van der Waals surface area contributed by atoms with Crippen molar-refractivity contribution in [3.05, 3.63) is 35.6 Å². The Morgan fingerprint density at radius 1 is 1.17 bits per heavy atom. The molecule has 2 aliphatic rings. The third-order valence-electron chi connectivity index (χ3n) is 4.81. The first kappa shape index (κ1) is 16.4. The van der Waals surface area contributed by atoms with Crippen LogP contribution in [0.1, 0.15) is 25.3 Å². The fourth-order valence-corrected chi connectivity index (χ4v) is 3.90. The lowest BCUT2D eigenvalue weighted by molar-refractivity contribution is -0.255. The maximum atomic E-state index is 13.3. The normalized spacial score (nSPS) is 32.4. The van der Waals surface area contributed by atoms with E-state index >= 15 is 0 Å². The highest BCUT2D eigenvalue weighted by atomic mass is 19.1. The van der Waals surface area contributed by atoms with Crippen molar-refractivity contribution in [1.29, 1.82) is 10.5 Å². The molecule has 0 radical (unpaired) electrons. The molecule has 6 nitrogen and oxygen atoms in total. The summed E-state index contributed by atoms with van der Waals surface area (Å²) < 4.78 is 24.7. The highest BCUT2D eigenvalue weighted by molar-refractivity contribution is 6.00. The van der Waals surface area contributed by atoms with Gasteiger partial charge < -0.3 is 15.2 Å². The first-order chi connectivity index (χ1) is 11.5. The molecule has 0 bridgehead atoms. The van der Waals surface area contributed by atoms with Gasteiger partial charge in [-0.25, -0.2) is 9.38 Å². The van der Waals surface area contributed by atoms with Gasteiger partial charge in [-0.1, -0.05) is 12.1 Å². The van der Waals surface area contributed by atoms with Gasteiger partial charge >= 0.3 is 0 Å². The topological polar surface area (TPSA) is 104 Å². The molecule has 1 saturated carbocycles. The van der Waals surface area contributed by atoms with Crippen LogP contribution in [0.3, 0.4) is 0 Å². The van der Waals surface area contributed by atoms with E-state index in [0.717, 1.165) is 0 Å². The molecule has 0 spiro atoms. The van der Waals surface area contributed by atoms with E-state index in [1.807, 2.05) is 0 Å². The van der Waals surface area contributed by atoms with E-state index in [2.05, 4.69) is 17.1 Å². The molecule has 3 rings (SSSR count). The molecule has 1 aromatic carbocycles. The molecule has 1 aromatic rings. The van der Waals surface area contributed by atoms with Crippen molar-refractivity contribution in [3.8, 4) is 12.1 Å². The third kappa shape index (κ3) is 1.61. The summed E-state index contributed by atoms with van der Waals surface area (Å²) >= 11 is 0. The van der Waals surface area contributed by atoms with E-state index < -0.39 is 28.5 Å². The molecule has 0 amide bonds. The maximum Gasteiger partial charge on any atom is 0.293 e. The van der Waals surface area contributed by atoms with Crippen LogP contribution in [0.25, 0.3) is 0 Å². The van der Waals surface area contributed by atoms with Crippen LogP contribution in [0.15, 0.2) is 29.3 Å². The molecule has 24 heavy (non-hydrogen) atoms. The summed E-state index contributed by atoms with van der Waals surface area (Å²) in [7, 11) is 0. The molecule has 0 saturated heterocycles. The van der Waals surface area contributed by atoms with E-state index in [9.17, 15) is 14.9 Å². The molecule has 2 N–H and O–H groups in total. The molecule has 1 aliphatic heterocycles. The van der Waals surface area contributed by atoms with E-state index in [0.29, 0.717) is 5.56 Å². The number of fused-ring (bicyclic) bond motifs is 1. The summed E-state index contributed by atoms with van der Waals surface area (Å²) in [6.45, 7) is 3.97. The first-order valence-corrected chi connectivity index (χ1v) is 7.71. The molecule has 1 fully saturated rings. The van der Waals surface area contributed by atoms with Gasteiger partial charge in [0.1, 0.15) is 17.1 Å². The lowest BCUT2D eigenvalue weighted by Crippen LogP contribution is -2.43. The van der Waals surface area contributed by atoms with Crippen LogP contribution in [0.2, 0.25) is 0 Å². The van der Waals surface area contributed by atoms with Gasteiger partial charge in [0.25, 0.3) is 5.91 Å². The number of rotatable bonds is 5. The summed E-state index contributed by atoms with van der Waals surface area (Å²) in [5.41, 5.74) is 3.94. The molecule has 3 atom stereocenters. The van der Waals surface area contributed by atoms with Crippen molar-refractivity contribution < 1.29 is 13.9 Å². The molecular weight excluding hydrogens is 311 g/mol. The SMILES string of the molecule is CCOC1(OCC)N=C(N)[C@@]2(C#N)[C@@H](c3ccc(F)cc3)[C@@]12C#N. The molecule has 7 heteroatoms. The number of nitrogens with zero attached hydrogens (tertiary/aromatic N) is 3. The van der Waals surface area contributed by atoms with E-state index in [-0.39, 0.29) is 19.0 Å².